The fourth-order valence-electron chi connectivity index (χ4n) is 3.76. The molecule has 2 rings (SSSR count). The van der Waals surface area contributed by atoms with Gasteiger partial charge in [0.25, 0.3) is 5.88 Å². The quantitative estimate of drug-likeness (QED) is 0.396. The van der Waals surface area contributed by atoms with Crippen molar-refractivity contribution in [3.63, 3.8) is 0 Å². The molecule has 1 heterocycles. The first-order valence-corrected chi connectivity index (χ1v) is 8.81. The minimum Gasteiger partial charge on any atom is -0.466 e. The van der Waals surface area contributed by atoms with Gasteiger partial charge in [0, 0.05) is 6.61 Å². The predicted octanol–water partition coefficient (Wildman–Crippen LogP) is 2.32. The van der Waals surface area contributed by atoms with Gasteiger partial charge in [-0.1, -0.05) is 13.3 Å². The van der Waals surface area contributed by atoms with E-state index in [2.05, 4.69) is 22.0 Å². The molecule has 0 aromatic carbocycles. The fraction of sp³-hybridized carbons (Fsp3) is 0.765. The van der Waals surface area contributed by atoms with Crippen molar-refractivity contribution in [2.24, 2.45) is 11.8 Å². The standard InChI is InChI=1S/C17H27N3O5/c1-4-6-12-9-13(7-5-8-21)16(15(12)22)25-17-14(20(23)24)10(2)18-11(3)19-17/h12-13,15-16,21-22H,4-9H2,1-3H3/t12-,13?,15+,16-/m0/s1/i21T. The number of nitrogens with zero attached hydrogens (tertiary/aromatic N) is 3. The minimum atomic E-state index is -0.702. The number of hydrogen-bond donors (Lipinski definition) is 2. The Morgan fingerprint density at radius 2 is 2.12 bits per heavy atom. The third-order valence-corrected chi connectivity index (χ3v) is 4.84. The van der Waals surface area contributed by atoms with Crippen LogP contribution in [0.3, 0.4) is 0 Å². The summed E-state index contributed by atoms with van der Waals surface area (Å²) < 4.78 is 12.7. The van der Waals surface area contributed by atoms with Gasteiger partial charge in [-0.15, -0.1) is 0 Å². The Hall–Kier alpha value is -1.80. The Morgan fingerprint density at radius 3 is 2.76 bits per heavy atom. The van der Waals surface area contributed by atoms with Crippen molar-refractivity contribution in [1.82, 2.24) is 9.97 Å². The van der Waals surface area contributed by atoms with Crippen molar-refractivity contribution < 1.29 is 19.9 Å². The maximum absolute atomic E-state index is 11.4. The molecule has 8 nitrogen and oxygen atoms in total. The maximum Gasteiger partial charge on any atom is 0.351 e. The number of aliphatic hydroxyl groups excluding tert-OH is 2. The fourth-order valence-corrected chi connectivity index (χ4v) is 3.76. The summed E-state index contributed by atoms with van der Waals surface area (Å²) in [6, 6.07) is 0. The van der Waals surface area contributed by atoms with E-state index in [0.717, 1.165) is 25.7 Å². The van der Waals surface area contributed by atoms with Crippen molar-refractivity contribution in [3.8, 4) is 5.88 Å². The largest absolute Gasteiger partial charge is 0.466 e. The summed E-state index contributed by atoms with van der Waals surface area (Å²) in [5.74, 6) is 0.435. The van der Waals surface area contributed by atoms with E-state index in [-0.39, 0.29) is 29.1 Å². The van der Waals surface area contributed by atoms with Gasteiger partial charge in [-0.3, -0.25) is 10.1 Å². The number of ether oxygens (including phenoxy) is 1. The minimum absolute atomic E-state index is 0.0341. The average Bonchev–Trinajstić information content (AvgIpc) is 2.83. The van der Waals surface area contributed by atoms with Crippen LogP contribution in [0.25, 0.3) is 0 Å². The molecule has 1 unspecified atom stereocenters. The molecule has 8 heteroatoms. The van der Waals surface area contributed by atoms with E-state index in [1.165, 1.54) is 0 Å². The highest BCUT2D eigenvalue weighted by molar-refractivity contribution is 5.45. The van der Waals surface area contributed by atoms with Gasteiger partial charge < -0.3 is 15.0 Å². The molecule has 1 saturated carbocycles. The molecule has 1 aliphatic carbocycles. The Morgan fingerprint density at radius 1 is 1.36 bits per heavy atom. The maximum atomic E-state index is 11.4. The van der Waals surface area contributed by atoms with Gasteiger partial charge in [-0.25, -0.2) is 4.98 Å². The van der Waals surface area contributed by atoms with Crippen LogP contribution in [-0.2, 0) is 0 Å². The van der Waals surface area contributed by atoms with Gasteiger partial charge in [-0.2, -0.15) is 4.98 Å². The summed E-state index contributed by atoms with van der Waals surface area (Å²) in [7, 11) is 0. The first-order chi connectivity index (χ1) is 12.4. The monoisotopic (exact) mass is 355 g/mol. The van der Waals surface area contributed by atoms with E-state index < -0.39 is 17.1 Å². The van der Waals surface area contributed by atoms with Crippen LogP contribution in [0.15, 0.2) is 0 Å². The topological polar surface area (TPSA) is 119 Å². The second-order valence-electron chi connectivity index (χ2n) is 6.73. The van der Waals surface area contributed by atoms with Crippen LogP contribution in [-0.4, -0.2) is 45.4 Å². The zero-order valence-corrected chi connectivity index (χ0v) is 15.0. The zero-order chi connectivity index (χ0) is 19.3. The summed E-state index contributed by atoms with van der Waals surface area (Å²) in [6.07, 6.45) is 2.73. The third kappa shape index (κ3) is 4.43. The zero-order valence-electron chi connectivity index (χ0n) is 16.0. The highest BCUT2D eigenvalue weighted by Gasteiger charge is 2.44. The molecular formula is C17H27N3O5. The molecule has 0 bridgehead atoms. The first-order valence-electron chi connectivity index (χ1n) is 9.22. The van der Waals surface area contributed by atoms with Gasteiger partial charge >= 0.3 is 5.69 Å². The lowest BCUT2D eigenvalue weighted by Gasteiger charge is -2.23. The van der Waals surface area contributed by atoms with E-state index in [1.807, 2.05) is 0 Å². The Labute approximate surface area is 148 Å². The molecular weight excluding hydrogens is 326 g/mol. The molecule has 2 N–H and O–H groups in total. The molecule has 0 saturated heterocycles. The van der Waals surface area contributed by atoms with Gasteiger partial charge in [0.2, 0.25) is 1.43 Å². The number of aliphatic hydroxyl groups is 2. The molecule has 0 amide bonds. The van der Waals surface area contributed by atoms with Crippen molar-refractivity contribution >= 4 is 5.69 Å². The Balaban J connectivity index is 2.27. The average molecular weight is 355 g/mol. The summed E-state index contributed by atoms with van der Waals surface area (Å²) in [5.41, 5.74) is -0.00997. The predicted molar refractivity (Wildman–Crippen MR) is 91.4 cm³/mol. The van der Waals surface area contributed by atoms with Crippen LogP contribution in [0.2, 0.25) is 0 Å². The highest BCUT2D eigenvalue weighted by Crippen LogP contribution is 2.40. The third-order valence-electron chi connectivity index (χ3n) is 4.84. The van der Waals surface area contributed by atoms with E-state index in [9.17, 15) is 15.2 Å². The summed E-state index contributed by atoms with van der Waals surface area (Å²) in [6.45, 7) is 5.57. The number of nitro groups is 1. The van der Waals surface area contributed by atoms with Gasteiger partial charge in [0.05, 0.1) is 11.0 Å². The molecule has 4 atom stereocenters. The molecule has 25 heavy (non-hydrogen) atoms. The van der Waals surface area contributed by atoms with Crippen LogP contribution >= 0.6 is 0 Å². The second kappa shape index (κ2) is 8.53. The van der Waals surface area contributed by atoms with E-state index in [1.54, 1.807) is 13.8 Å². The number of hydrogen-bond acceptors (Lipinski definition) is 7. The van der Waals surface area contributed by atoms with Crippen molar-refractivity contribution in [2.45, 2.75) is 65.1 Å². The van der Waals surface area contributed by atoms with E-state index in [0.29, 0.717) is 18.9 Å². The SMILES string of the molecule is [3H]OCCCC1C[C@H](CCC)[C@@H](O)[C@H]1Oc1nc(C)nc(C)c1[N+](=O)[O-]. The van der Waals surface area contributed by atoms with Gasteiger partial charge in [0.15, 0.2) is 0 Å². The van der Waals surface area contributed by atoms with Crippen LogP contribution in [0.4, 0.5) is 5.69 Å². The van der Waals surface area contributed by atoms with Crippen molar-refractivity contribution in [3.05, 3.63) is 21.6 Å². The van der Waals surface area contributed by atoms with Crippen LogP contribution in [0.1, 0.15) is 50.5 Å². The van der Waals surface area contributed by atoms with Crippen LogP contribution < -0.4 is 4.74 Å². The van der Waals surface area contributed by atoms with Crippen molar-refractivity contribution in [2.75, 3.05) is 6.61 Å². The molecule has 1 aromatic heterocycles. The summed E-state index contributed by atoms with van der Waals surface area (Å²) >= 11 is 0. The number of rotatable bonds is 9. The smallest absolute Gasteiger partial charge is 0.351 e. The molecule has 1 aromatic rings. The summed E-state index contributed by atoms with van der Waals surface area (Å²) in [4.78, 5) is 19.0. The van der Waals surface area contributed by atoms with Gasteiger partial charge in [-0.05, 0) is 51.4 Å². The molecule has 0 aliphatic heterocycles. The van der Waals surface area contributed by atoms with Gasteiger partial charge in [0.1, 0.15) is 17.6 Å². The molecule has 140 valence electrons. The normalized spacial score (nSPS) is 26.5. The van der Waals surface area contributed by atoms with E-state index >= 15 is 0 Å². The first kappa shape index (κ1) is 18.0. The Kier molecular flexibility index (Phi) is 6.14. The lowest BCUT2D eigenvalue weighted by molar-refractivity contribution is -0.387. The molecule has 0 spiro atoms. The lowest BCUT2D eigenvalue weighted by Crippen LogP contribution is -2.34. The molecule has 1 fully saturated rings. The molecule has 0 radical (unpaired) electrons. The second-order valence-corrected chi connectivity index (χ2v) is 6.73. The summed E-state index contributed by atoms with van der Waals surface area (Å²) in [5, 5.41) is 26.5. The number of aromatic nitrogens is 2. The Bertz CT molecular complexity index is 631. The van der Waals surface area contributed by atoms with Crippen molar-refractivity contribution in [1.29, 1.82) is 1.43 Å². The highest BCUT2D eigenvalue weighted by atomic mass is 16.6. The van der Waals surface area contributed by atoms with Crippen LogP contribution in [0, 0.1) is 35.8 Å². The van der Waals surface area contributed by atoms with E-state index in [4.69, 9.17) is 6.17 Å². The lowest BCUT2D eigenvalue weighted by atomic mass is 9.97. The van der Waals surface area contributed by atoms with Crippen LogP contribution in [0.5, 0.6) is 5.88 Å². The molecule has 1 aliphatic rings. The number of aryl methyl sites for hydroxylation is 2.